The molecular weight excluding hydrogens is 418 g/mol. The number of aryl methyl sites for hydroxylation is 2. The maximum atomic E-state index is 12.8. The van der Waals surface area contributed by atoms with E-state index in [0.29, 0.717) is 29.6 Å². The minimum Gasteiger partial charge on any atom is -0.370 e. The maximum Gasteiger partial charge on any atom is 0.259 e. The van der Waals surface area contributed by atoms with Crippen LogP contribution >= 0.6 is 0 Å². The van der Waals surface area contributed by atoms with Crippen LogP contribution in [0.2, 0.25) is 0 Å². The van der Waals surface area contributed by atoms with E-state index in [1.165, 1.54) is 11.3 Å². The molecule has 4 heterocycles. The van der Waals surface area contributed by atoms with Gasteiger partial charge in [-0.05, 0) is 50.5 Å². The van der Waals surface area contributed by atoms with Crippen molar-refractivity contribution < 1.29 is 9.32 Å². The maximum absolute atomic E-state index is 12.8. The number of benzene rings is 1. The van der Waals surface area contributed by atoms with Gasteiger partial charge in [-0.15, -0.1) is 0 Å². The molecule has 9 nitrogen and oxygen atoms in total. The van der Waals surface area contributed by atoms with E-state index in [-0.39, 0.29) is 5.91 Å². The molecule has 0 unspecified atom stereocenters. The summed E-state index contributed by atoms with van der Waals surface area (Å²) >= 11 is 0. The van der Waals surface area contributed by atoms with Gasteiger partial charge in [-0.2, -0.15) is 10.1 Å². The number of carbonyl (C=O) groups excluding carboxylic acids is 1. The second kappa shape index (κ2) is 8.85. The van der Waals surface area contributed by atoms with Crippen molar-refractivity contribution in [1.29, 1.82) is 0 Å². The smallest absolute Gasteiger partial charge is 0.259 e. The number of para-hydroxylation sites is 1. The molecule has 168 valence electrons. The van der Waals surface area contributed by atoms with Crippen molar-refractivity contribution in [1.82, 2.24) is 30.2 Å². The summed E-state index contributed by atoms with van der Waals surface area (Å²) in [6, 6.07) is 12.1. The van der Waals surface area contributed by atoms with E-state index in [4.69, 9.17) is 4.52 Å². The number of anilines is 1. The molecule has 0 spiro atoms. The molecule has 5 rings (SSSR count). The highest BCUT2D eigenvalue weighted by Gasteiger charge is 2.18. The van der Waals surface area contributed by atoms with E-state index in [1.54, 1.807) is 24.0 Å². The van der Waals surface area contributed by atoms with E-state index in [2.05, 4.69) is 54.7 Å². The van der Waals surface area contributed by atoms with E-state index < -0.39 is 0 Å². The molecule has 1 N–H and O–H groups in total. The minimum atomic E-state index is -0.137. The SMILES string of the molecule is Cc1noc(-c2ccc(-n3ncc(C(=O)NCCN4CCCc5ccccc54)c3C)nc2)n1. The van der Waals surface area contributed by atoms with Crippen LogP contribution in [-0.4, -0.2) is 50.4 Å². The van der Waals surface area contributed by atoms with Gasteiger partial charge < -0.3 is 14.7 Å². The van der Waals surface area contributed by atoms with Crippen LogP contribution in [0, 0.1) is 13.8 Å². The van der Waals surface area contributed by atoms with E-state index >= 15 is 0 Å². The van der Waals surface area contributed by atoms with Crippen LogP contribution in [0.1, 0.15) is 33.9 Å². The Morgan fingerprint density at radius 3 is 2.82 bits per heavy atom. The van der Waals surface area contributed by atoms with E-state index in [1.807, 2.05) is 19.1 Å². The zero-order valence-corrected chi connectivity index (χ0v) is 18.7. The topological polar surface area (TPSA) is 102 Å². The molecule has 1 aromatic carbocycles. The van der Waals surface area contributed by atoms with E-state index in [0.717, 1.165) is 37.2 Å². The molecule has 4 aromatic rings. The average molecular weight is 444 g/mol. The molecule has 1 aliphatic rings. The fourth-order valence-corrected chi connectivity index (χ4v) is 4.16. The summed E-state index contributed by atoms with van der Waals surface area (Å²) in [6.45, 7) is 5.97. The molecule has 1 amide bonds. The van der Waals surface area contributed by atoms with Crippen LogP contribution in [0.25, 0.3) is 17.3 Å². The quantitative estimate of drug-likeness (QED) is 0.488. The van der Waals surface area contributed by atoms with Gasteiger partial charge in [0.15, 0.2) is 11.6 Å². The van der Waals surface area contributed by atoms with Gasteiger partial charge in [-0.3, -0.25) is 4.79 Å². The van der Waals surface area contributed by atoms with Crippen molar-refractivity contribution in [2.24, 2.45) is 0 Å². The summed E-state index contributed by atoms with van der Waals surface area (Å²) < 4.78 is 6.83. The predicted molar refractivity (Wildman–Crippen MR) is 123 cm³/mol. The monoisotopic (exact) mass is 443 g/mol. The lowest BCUT2D eigenvalue weighted by Gasteiger charge is -2.31. The molecular formula is C24H25N7O2. The summed E-state index contributed by atoms with van der Waals surface area (Å²) in [6.07, 6.45) is 5.48. The first-order valence-corrected chi connectivity index (χ1v) is 11.0. The zero-order valence-electron chi connectivity index (χ0n) is 18.7. The Kier molecular flexibility index (Phi) is 5.60. The highest BCUT2D eigenvalue weighted by atomic mass is 16.5. The number of nitrogens with zero attached hydrogens (tertiary/aromatic N) is 6. The largest absolute Gasteiger partial charge is 0.370 e. The van der Waals surface area contributed by atoms with Crippen molar-refractivity contribution in [3.8, 4) is 17.3 Å². The van der Waals surface area contributed by atoms with Crippen LogP contribution in [0.5, 0.6) is 0 Å². The second-order valence-corrected chi connectivity index (χ2v) is 8.08. The standard InChI is InChI=1S/C24H25N7O2/c1-16-20(23(32)25-11-13-30-12-5-7-18-6-3-4-8-21(18)30)15-27-31(16)22-10-9-19(14-26-22)24-28-17(2)29-33-24/h3-4,6,8-10,14-15H,5,7,11-13H2,1-2H3,(H,25,32). The molecule has 9 heteroatoms. The van der Waals surface area contributed by atoms with Gasteiger partial charge in [0.05, 0.1) is 23.0 Å². The number of pyridine rings is 1. The van der Waals surface area contributed by atoms with Gasteiger partial charge in [-0.25, -0.2) is 9.67 Å². The third kappa shape index (κ3) is 4.21. The third-order valence-corrected chi connectivity index (χ3v) is 5.87. The Morgan fingerprint density at radius 2 is 2.03 bits per heavy atom. The number of hydrogen-bond acceptors (Lipinski definition) is 7. The molecule has 0 saturated heterocycles. The van der Waals surface area contributed by atoms with Crippen molar-refractivity contribution in [2.75, 3.05) is 24.5 Å². The highest BCUT2D eigenvalue weighted by molar-refractivity contribution is 5.95. The van der Waals surface area contributed by atoms with Crippen LogP contribution in [0.15, 0.2) is 53.3 Å². The fourth-order valence-electron chi connectivity index (χ4n) is 4.16. The van der Waals surface area contributed by atoms with Gasteiger partial charge in [0.2, 0.25) is 0 Å². The molecule has 0 aliphatic carbocycles. The lowest BCUT2D eigenvalue weighted by atomic mass is 10.0. The van der Waals surface area contributed by atoms with Gasteiger partial charge in [0.1, 0.15) is 0 Å². The number of carbonyl (C=O) groups is 1. The number of nitrogens with one attached hydrogen (secondary N) is 1. The molecule has 1 aliphatic heterocycles. The molecule has 0 saturated carbocycles. The van der Waals surface area contributed by atoms with Crippen LogP contribution < -0.4 is 10.2 Å². The molecule has 3 aromatic heterocycles. The first kappa shape index (κ1) is 20.9. The summed E-state index contributed by atoms with van der Waals surface area (Å²) in [5, 5.41) is 11.2. The molecule has 0 atom stereocenters. The van der Waals surface area contributed by atoms with Crippen LogP contribution in [0.3, 0.4) is 0 Å². The summed E-state index contributed by atoms with van der Waals surface area (Å²) in [5.41, 5.74) is 4.63. The molecule has 0 bridgehead atoms. The molecule has 0 fully saturated rings. The Hall–Kier alpha value is -4.01. The number of fused-ring (bicyclic) bond motifs is 1. The Bertz CT molecular complexity index is 1280. The van der Waals surface area contributed by atoms with Crippen LogP contribution in [0.4, 0.5) is 5.69 Å². The number of aromatic nitrogens is 5. The van der Waals surface area contributed by atoms with E-state index in [9.17, 15) is 4.79 Å². The second-order valence-electron chi connectivity index (χ2n) is 8.08. The van der Waals surface area contributed by atoms with Gasteiger partial charge in [-0.1, -0.05) is 23.4 Å². The summed E-state index contributed by atoms with van der Waals surface area (Å²) in [4.78, 5) is 23.8. The summed E-state index contributed by atoms with van der Waals surface area (Å²) in [7, 11) is 0. The third-order valence-electron chi connectivity index (χ3n) is 5.87. The number of rotatable bonds is 6. The molecule has 33 heavy (non-hydrogen) atoms. The first-order chi connectivity index (χ1) is 16.1. The predicted octanol–water partition coefficient (Wildman–Crippen LogP) is 3.12. The van der Waals surface area contributed by atoms with Crippen molar-refractivity contribution in [3.63, 3.8) is 0 Å². The lowest BCUT2D eigenvalue weighted by Crippen LogP contribution is -2.37. The van der Waals surface area contributed by atoms with Crippen molar-refractivity contribution in [2.45, 2.75) is 26.7 Å². The Labute approximate surface area is 191 Å². The fraction of sp³-hybridized carbons (Fsp3) is 0.292. The number of amides is 1. The van der Waals surface area contributed by atoms with Crippen molar-refractivity contribution in [3.05, 3.63) is 71.4 Å². The van der Waals surface area contributed by atoms with Crippen LogP contribution in [-0.2, 0) is 6.42 Å². The van der Waals surface area contributed by atoms with Gasteiger partial charge in [0, 0.05) is 31.5 Å². The zero-order chi connectivity index (χ0) is 22.8. The lowest BCUT2D eigenvalue weighted by molar-refractivity contribution is 0.0954. The first-order valence-electron chi connectivity index (χ1n) is 11.0. The number of hydrogen-bond donors (Lipinski definition) is 1. The highest BCUT2D eigenvalue weighted by Crippen LogP contribution is 2.26. The summed E-state index contributed by atoms with van der Waals surface area (Å²) in [5.74, 6) is 1.45. The van der Waals surface area contributed by atoms with Crippen molar-refractivity contribution >= 4 is 11.6 Å². The Morgan fingerprint density at radius 1 is 1.15 bits per heavy atom. The van der Waals surface area contributed by atoms with Gasteiger partial charge in [0.25, 0.3) is 11.8 Å². The van der Waals surface area contributed by atoms with Gasteiger partial charge >= 0.3 is 0 Å². The Balaban J connectivity index is 1.23. The minimum absolute atomic E-state index is 0.137. The average Bonchev–Trinajstić information content (AvgIpc) is 3.45. The normalized spacial score (nSPS) is 13.1. The molecule has 0 radical (unpaired) electrons.